The number of esters is 1. The van der Waals surface area contributed by atoms with Crippen LogP contribution in [0.4, 0.5) is 5.00 Å². The number of hydrogen-bond donors (Lipinski definition) is 2. The van der Waals surface area contributed by atoms with E-state index in [0.29, 0.717) is 35.1 Å². The van der Waals surface area contributed by atoms with E-state index in [2.05, 4.69) is 10.6 Å². The smallest absolute Gasteiger partial charge is 0.341 e. The predicted octanol–water partition coefficient (Wildman–Crippen LogP) is 5.12. The molecule has 0 aliphatic heterocycles. The fraction of sp³-hybridized carbons (Fsp3) is 0.240. The first kappa shape index (κ1) is 22.9. The molecule has 0 radical (unpaired) electrons. The van der Waals surface area contributed by atoms with Crippen molar-refractivity contribution < 1.29 is 19.1 Å². The van der Waals surface area contributed by atoms with Crippen LogP contribution in [0.5, 0.6) is 5.75 Å². The van der Waals surface area contributed by atoms with Crippen molar-refractivity contribution in [3.8, 4) is 5.75 Å². The Kier molecular flexibility index (Phi) is 7.36. The molecule has 1 aliphatic carbocycles. The van der Waals surface area contributed by atoms with Crippen LogP contribution in [0, 0.1) is 0 Å². The standard InChI is InChI=1S/C25H24N2O4S2/c1-2-30-24(29)21-19-9-6-10-20(19)33-23(21)27-25(32)26-22(28)17-11-13-18(14-12-17)31-15-16-7-4-3-5-8-16/h3-5,7-8,11-14H,2,6,9-10,15H2,1H3,(H2,26,27,28,32). The number of benzene rings is 2. The number of rotatable bonds is 7. The third-order valence-electron chi connectivity index (χ3n) is 5.22. The summed E-state index contributed by atoms with van der Waals surface area (Å²) in [6.45, 7) is 2.53. The van der Waals surface area contributed by atoms with Crippen molar-refractivity contribution in [1.82, 2.24) is 5.32 Å². The van der Waals surface area contributed by atoms with E-state index in [4.69, 9.17) is 21.7 Å². The molecule has 0 unspecified atom stereocenters. The van der Waals surface area contributed by atoms with Gasteiger partial charge < -0.3 is 14.8 Å². The highest BCUT2D eigenvalue weighted by molar-refractivity contribution is 7.80. The number of ether oxygens (including phenoxy) is 2. The van der Waals surface area contributed by atoms with Crippen LogP contribution in [-0.4, -0.2) is 23.6 Å². The Morgan fingerprint density at radius 1 is 1.06 bits per heavy atom. The minimum absolute atomic E-state index is 0.134. The molecule has 1 heterocycles. The van der Waals surface area contributed by atoms with Gasteiger partial charge in [0.1, 0.15) is 17.4 Å². The molecule has 1 amide bonds. The van der Waals surface area contributed by atoms with E-state index in [1.807, 2.05) is 30.3 Å². The average molecular weight is 481 g/mol. The largest absolute Gasteiger partial charge is 0.489 e. The number of anilines is 1. The average Bonchev–Trinajstić information content (AvgIpc) is 3.39. The first-order valence-electron chi connectivity index (χ1n) is 10.8. The first-order chi connectivity index (χ1) is 16.0. The van der Waals surface area contributed by atoms with Crippen molar-refractivity contribution in [2.75, 3.05) is 11.9 Å². The van der Waals surface area contributed by atoms with Crippen molar-refractivity contribution in [1.29, 1.82) is 0 Å². The van der Waals surface area contributed by atoms with Gasteiger partial charge in [-0.15, -0.1) is 11.3 Å². The van der Waals surface area contributed by atoms with Crippen LogP contribution in [0.25, 0.3) is 0 Å². The van der Waals surface area contributed by atoms with Crippen LogP contribution in [0.3, 0.4) is 0 Å². The molecule has 3 aromatic rings. The molecule has 8 heteroatoms. The zero-order chi connectivity index (χ0) is 23.2. The van der Waals surface area contributed by atoms with Crippen molar-refractivity contribution in [2.45, 2.75) is 32.8 Å². The molecular formula is C25H24N2O4S2. The number of aryl methyl sites for hydroxylation is 1. The van der Waals surface area contributed by atoms with Gasteiger partial charge in [0.15, 0.2) is 5.11 Å². The van der Waals surface area contributed by atoms with Crippen LogP contribution in [-0.2, 0) is 24.2 Å². The van der Waals surface area contributed by atoms with Gasteiger partial charge >= 0.3 is 5.97 Å². The quantitative estimate of drug-likeness (QED) is 0.361. The highest BCUT2D eigenvalue weighted by atomic mass is 32.1. The lowest BCUT2D eigenvalue weighted by molar-refractivity contribution is 0.0527. The molecule has 0 saturated heterocycles. The maximum absolute atomic E-state index is 12.6. The number of thiophene rings is 1. The molecule has 4 rings (SSSR count). The zero-order valence-electron chi connectivity index (χ0n) is 18.2. The number of fused-ring (bicyclic) bond motifs is 1. The van der Waals surface area contributed by atoms with Crippen LogP contribution >= 0.6 is 23.6 Å². The third kappa shape index (κ3) is 5.58. The second-order valence-corrected chi connectivity index (χ2v) is 9.00. The molecule has 0 fully saturated rings. The summed E-state index contributed by atoms with van der Waals surface area (Å²) in [5.74, 6) is -0.0354. The highest BCUT2D eigenvalue weighted by Crippen LogP contribution is 2.39. The molecule has 6 nitrogen and oxygen atoms in total. The molecule has 1 aliphatic rings. The molecule has 0 atom stereocenters. The molecule has 33 heavy (non-hydrogen) atoms. The summed E-state index contributed by atoms with van der Waals surface area (Å²) in [6.07, 6.45) is 2.81. The van der Waals surface area contributed by atoms with Crippen molar-refractivity contribution in [3.63, 3.8) is 0 Å². The van der Waals surface area contributed by atoms with Gasteiger partial charge in [-0.1, -0.05) is 30.3 Å². The SMILES string of the molecule is CCOC(=O)c1c(NC(=S)NC(=O)c2ccc(OCc3ccccc3)cc2)sc2c1CCC2. The van der Waals surface area contributed by atoms with Gasteiger partial charge in [-0.25, -0.2) is 4.79 Å². The second-order valence-electron chi connectivity index (χ2n) is 7.49. The minimum Gasteiger partial charge on any atom is -0.489 e. The number of carbonyl (C=O) groups excluding carboxylic acids is 2. The highest BCUT2D eigenvalue weighted by Gasteiger charge is 2.28. The maximum atomic E-state index is 12.6. The third-order valence-corrected chi connectivity index (χ3v) is 6.63. The van der Waals surface area contributed by atoms with Crippen molar-refractivity contribution >= 4 is 45.5 Å². The Bertz CT molecular complexity index is 1160. The lowest BCUT2D eigenvalue weighted by Crippen LogP contribution is -2.34. The maximum Gasteiger partial charge on any atom is 0.341 e. The summed E-state index contributed by atoms with van der Waals surface area (Å²) in [4.78, 5) is 26.3. The summed E-state index contributed by atoms with van der Waals surface area (Å²) >= 11 is 6.83. The molecule has 2 N–H and O–H groups in total. The fourth-order valence-corrected chi connectivity index (χ4v) is 5.21. The fourth-order valence-electron chi connectivity index (χ4n) is 3.66. The Balaban J connectivity index is 1.36. The van der Waals surface area contributed by atoms with E-state index < -0.39 is 0 Å². The lowest BCUT2D eigenvalue weighted by Gasteiger charge is -2.11. The number of carbonyl (C=O) groups is 2. The minimum atomic E-state index is -0.361. The van der Waals surface area contributed by atoms with Gasteiger partial charge in [0.25, 0.3) is 5.91 Å². The van der Waals surface area contributed by atoms with Gasteiger partial charge in [-0.3, -0.25) is 10.1 Å². The molecule has 0 bridgehead atoms. The Morgan fingerprint density at radius 2 is 1.82 bits per heavy atom. The van der Waals surface area contributed by atoms with E-state index in [1.165, 1.54) is 16.2 Å². The van der Waals surface area contributed by atoms with E-state index in [-0.39, 0.29) is 17.0 Å². The molecular weight excluding hydrogens is 456 g/mol. The predicted molar refractivity (Wildman–Crippen MR) is 133 cm³/mol. The van der Waals surface area contributed by atoms with Crippen LogP contribution in [0.15, 0.2) is 54.6 Å². The topological polar surface area (TPSA) is 76.7 Å². The summed E-state index contributed by atoms with van der Waals surface area (Å²) in [5, 5.41) is 6.46. The molecule has 0 saturated carbocycles. The zero-order valence-corrected chi connectivity index (χ0v) is 19.8. The van der Waals surface area contributed by atoms with Gasteiger partial charge in [0, 0.05) is 10.4 Å². The molecule has 0 spiro atoms. The molecule has 1 aromatic heterocycles. The van der Waals surface area contributed by atoms with Crippen LogP contribution < -0.4 is 15.4 Å². The summed E-state index contributed by atoms with van der Waals surface area (Å²) in [5.41, 5.74) is 3.08. The Morgan fingerprint density at radius 3 is 2.55 bits per heavy atom. The first-order valence-corrected chi connectivity index (χ1v) is 12.0. The van der Waals surface area contributed by atoms with Gasteiger partial charge in [0.2, 0.25) is 0 Å². The summed E-state index contributed by atoms with van der Waals surface area (Å²) in [6, 6.07) is 16.7. The summed E-state index contributed by atoms with van der Waals surface area (Å²) < 4.78 is 11.0. The van der Waals surface area contributed by atoms with Crippen molar-refractivity contribution in [3.05, 3.63) is 81.7 Å². The van der Waals surface area contributed by atoms with E-state index in [1.54, 1.807) is 31.2 Å². The number of thiocarbonyl (C=S) groups is 1. The Hall–Kier alpha value is -3.23. The normalized spacial score (nSPS) is 12.0. The van der Waals surface area contributed by atoms with E-state index >= 15 is 0 Å². The number of nitrogens with one attached hydrogen (secondary N) is 2. The second kappa shape index (κ2) is 10.6. The molecule has 170 valence electrons. The Labute approximate surface area is 201 Å². The number of amides is 1. The van der Waals surface area contributed by atoms with Gasteiger partial charge in [-0.05, 0) is 73.8 Å². The van der Waals surface area contributed by atoms with E-state index in [9.17, 15) is 9.59 Å². The monoisotopic (exact) mass is 480 g/mol. The van der Waals surface area contributed by atoms with Gasteiger partial charge in [-0.2, -0.15) is 0 Å². The molecule has 2 aromatic carbocycles. The van der Waals surface area contributed by atoms with Crippen LogP contribution in [0.2, 0.25) is 0 Å². The van der Waals surface area contributed by atoms with Crippen LogP contribution in [0.1, 0.15) is 50.1 Å². The van der Waals surface area contributed by atoms with E-state index in [0.717, 1.165) is 30.4 Å². The van der Waals surface area contributed by atoms with Crippen molar-refractivity contribution in [2.24, 2.45) is 0 Å². The summed E-state index contributed by atoms with van der Waals surface area (Å²) in [7, 11) is 0. The lowest BCUT2D eigenvalue weighted by atomic mass is 10.1. The number of hydrogen-bond acceptors (Lipinski definition) is 6. The van der Waals surface area contributed by atoms with Gasteiger partial charge in [0.05, 0.1) is 12.2 Å².